The average Bonchev–Trinajstić information content (AvgIpc) is 2.74. The van der Waals surface area contributed by atoms with Gasteiger partial charge in [0.05, 0.1) is 0 Å². The molecule has 0 saturated carbocycles. The van der Waals surface area contributed by atoms with E-state index in [1.165, 1.54) is 22.3 Å². The van der Waals surface area contributed by atoms with E-state index < -0.39 is 5.97 Å². The van der Waals surface area contributed by atoms with Crippen molar-refractivity contribution in [2.24, 2.45) is 0 Å². The lowest BCUT2D eigenvalue weighted by Gasteiger charge is -2.29. The third-order valence-electron chi connectivity index (χ3n) is 4.90. The molecule has 0 aromatic heterocycles. The van der Waals surface area contributed by atoms with Gasteiger partial charge in [-0.2, -0.15) is 0 Å². The Morgan fingerprint density at radius 1 is 0.897 bits per heavy atom. The lowest BCUT2D eigenvalue weighted by molar-refractivity contribution is -0.139. The summed E-state index contributed by atoms with van der Waals surface area (Å²) in [4.78, 5) is 10.7. The molecular weight excluding hydrogens is 360 g/mol. The fraction of sp³-hybridized carbons (Fsp3) is 0.269. The molecule has 0 radical (unpaired) electrons. The fourth-order valence-corrected chi connectivity index (χ4v) is 3.28. The molecule has 0 aliphatic rings. The molecule has 0 amide bonds. The number of carboxylic acid groups (broad SMARTS) is 1. The van der Waals surface area contributed by atoms with Gasteiger partial charge in [-0.15, -0.1) is 0 Å². The smallest absolute Gasteiger partial charge is 0.341 e. The van der Waals surface area contributed by atoms with Gasteiger partial charge in [0.15, 0.2) is 6.61 Å². The maximum atomic E-state index is 10.7. The van der Waals surface area contributed by atoms with Gasteiger partial charge < -0.3 is 9.84 Å². The molecule has 152 valence electrons. The van der Waals surface area contributed by atoms with Gasteiger partial charge in [0.1, 0.15) is 5.75 Å². The normalized spacial score (nSPS) is 10.7. The second-order valence-electron chi connectivity index (χ2n) is 7.24. The van der Waals surface area contributed by atoms with Crippen molar-refractivity contribution in [2.75, 3.05) is 6.61 Å². The molecule has 3 aromatic rings. The molecule has 0 aliphatic carbocycles. The molecule has 0 atom stereocenters. The Morgan fingerprint density at radius 3 is 2.07 bits per heavy atom. The highest BCUT2D eigenvalue weighted by Crippen LogP contribution is 2.38. The SMILES string of the molecule is CC.Cc1ccc(-c2ccccc2C(C)(C)c2ccc(OCC(=O)O)cc2)cc1. The summed E-state index contributed by atoms with van der Waals surface area (Å²) in [5.41, 5.74) is 5.83. The van der Waals surface area contributed by atoms with Crippen molar-refractivity contribution in [3.05, 3.63) is 89.5 Å². The van der Waals surface area contributed by atoms with Crippen LogP contribution >= 0.6 is 0 Å². The van der Waals surface area contributed by atoms with Crippen molar-refractivity contribution in [3.63, 3.8) is 0 Å². The van der Waals surface area contributed by atoms with Crippen LogP contribution in [0, 0.1) is 6.92 Å². The maximum absolute atomic E-state index is 10.7. The Kier molecular flexibility index (Phi) is 7.60. The van der Waals surface area contributed by atoms with Crippen molar-refractivity contribution < 1.29 is 14.6 Å². The predicted molar refractivity (Wildman–Crippen MR) is 120 cm³/mol. The number of aryl methyl sites for hydroxylation is 1. The molecule has 0 fully saturated rings. The molecule has 0 saturated heterocycles. The third kappa shape index (κ3) is 5.47. The average molecular weight is 391 g/mol. The molecule has 3 nitrogen and oxygen atoms in total. The molecule has 3 rings (SSSR count). The highest BCUT2D eigenvalue weighted by atomic mass is 16.5. The quantitative estimate of drug-likeness (QED) is 0.524. The number of aliphatic carboxylic acids is 1. The molecule has 3 heteroatoms. The molecule has 0 bridgehead atoms. The molecule has 0 aliphatic heterocycles. The lowest BCUT2D eigenvalue weighted by Crippen LogP contribution is -2.20. The van der Waals surface area contributed by atoms with Crippen LogP contribution in [0.1, 0.15) is 44.4 Å². The van der Waals surface area contributed by atoms with Gasteiger partial charge in [-0.05, 0) is 41.3 Å². The van der Waals surface area contributed by atoms with E-state index in [-0.39, 0.29) is 12.0 Å². The maximum Gasteiger partial charge on any atom is 0.341 e. The highest BCUT2D eigenvalue weighted by molar-refractivity contribution is 5.70. The first-order chi connectivity index (χ1) is 13.9. The minimum absolute atomic E-state index is 0.215. The summed E-state index contributed by atoms with van der Waals surface area (Å²) in [5, 5.41) is 8.74. The van der Waals surface area contributed by atoms with E-state index in [4.69, 9.17) is 9.84 Å². The fourth-order valence-electron chi connectivity index (χ4n) is 3.28. The standard InChI is InChI=1S/C24H24O3.C2H6/c1-17-8-10-18(11-9-17)21-6-4-5-7-22(21)24(2,3)19-12-14-20(15-13-19)27-16-23(25)26;1-2/h4-15H,16H2,1-3H3,(H,25,26);1-2H3. The Bertz CT molecular complexity index is 923. The van der Waals surface area contributed by atoms with Gasteiger partial charge in [-0.25, -0.2) is 4.79 Å². The number of hydrogen-bond donors (Lipinski definition) is 1. The van der Waals surface area contributed by atoms with Crippen LogP contribution in [0.5, 0.6) is 5.75 Å². The van der Waals surface area contributed by atoms with Gasteiger partial charge in [0.25, 0.3) is 0 Å². The first kappa shape index (κ1) is 22.2. The molecule has 0 heterocycles. The van der Waals surface area contributed by atoms with E-state index in [9.17, 15) is 4.79 Å². The Morgan fingerprint density at radius 2 is 1.48 bits per heavy atom. The second kappa shape index (κ2) is 9.92. The van der Waals surface area contributed by atoms with E-state index in [2.05, 4.69) is 69.3 Å². The summed E-state index contributed by atoms with van der Waals surface area (Å²) in [5.74, 6) is -0.421. The number of hydrogen-bond acceptors (Lipinski definition) is 2. The van der Waals surface area contributed by atoms with E-state index in [0.717, 1.165) is 5.56 Å². The Labute approximate surface area is 174 Å². The van der Waals surface area contributed by atoms with Gasteiger partial charge in [0.2, 0.25) is 0 Å². The molecular formula is C26H30O3. The molecule has 3 aromatic carbocycles. The van der Waals surface area contributed by atoms with Crippen molar-refractivity contribution >= 4 is 5.97 Å². The molecule has 29 heavy (non-hydrogen) atoms. The minimum atomic E-state index is -0.980. The van der Waals surface area contributed by atoms with Crippen LogP contribution in [0.15, 0.2) is 72.8 Å². The first-order valence-corrected chi connectivity index (χ1v) is 9.99. The van der Waals surface area contributed by atoms with Crippen LogP contribution in [0.4, 0.5) is 0 Å². The van der Waals surface area contributed by atoms with Crippen LogP contribution in [0.2, 0.25) is 0 Å². The van der Waals surface area contributed by atoms with E-state index in [1.54, 1.807) is 0 Å². The number of rotatable bonds is 6. The zero-order valence-corrected chi connectivity index (χ0v) is 17.9. The summed E-state index contributed by atoms with van der Waals surface area (Å²) in [6, 6.07) is 24.7. The van der Waals surface area contributed by atoms with Gasteiger partial charge in [0, 0.05) is 5.41 Å². The second-order valence-corrected chi connectivity index (χ2v) is 7.24. The van der Waals surface area contributed by atoms with Crippen LogP contribution < -0.4 is 4.74 Å². The Hall–Kier alpha value is -3.07. The van der Waals surface area contributed by atoms with Crippen LogP contribution in [0.25, 0.3) is 11.1 Å². The largest absolute Gasteiger partial charge is 0.482 e. The number of carbonyl (C=O) groups is 1. The summed E-state index contributed by atoms with van der Waals surface area (Å²) in [6.45, 7) is 10.2. The molecule has 0 spiro atoms. The van der Waals surface area contributed by atoms with E-state index in [1.807, 2.05) is 38.1 Å². The zero-order valence-electron chi connectivity index (χ0n) is 17.9. The monoisotopic (exact) mass is 390 g/mol. The first-order valence-electron chi connectivity index (χ1n) is 9.99. The van der Waals surface area contributed by atoms with Crippen molar-refractivity contribution in [1.29, 1.82) is 0 Å². The summed E-state index contributed by atoms with van der Waals surface area (Å²) < 4.78 is 5.25. The Balaban J connectivity index is 0.00000145. The number of ether oxygens (including phenoxy) is 1. The van der Waals surface area contributed by atoms with E-state index in [0.29, 0.717) is 5.75 Å². The van der Waals surface area contributed by atoms with Crippen LogP contribution in [0.3, 0.4) is 0 Å². The summed E-state index contributed by atoms with van der Waals surface area (Å²) in [7, 11) is 0. The lowest BCUT2D eigenvalue weighted by atomic mass is 9.75. The third-order valence-corrected chi connectivity index (χ3v) is 4.90. The van der Waals surface area contributed by atoms with Crippen molar-refractivity contribution in [1.82, 2.24) is 0 Å². The van der Waals surface area contributed by atoms with Crippen LogP contribution in [-0.4, -0.2) is 17.7 Å². The number of carboxylic acids is 1. The topological polar surface area (TPSA) is 46.5 Å². The van der Waals surface area contributed by atoms with Crippen molar-refractivity contribution in [3.8, 4) is 16.9 Å². The molecule has 1 N–H and O–H groups in total. The minimum Gasteiger partial charge on any atom is -0.482 e. The zero-order chi connectivity index (χ0) is 21.4. The van der Waals surface area contributed by atoms with Gasteiger partial charge >= 0.3 is 5.97 Å². The number of benzene rings is 3. The summed E-state index contributed by atoms with van der Waals surface area (Å²) in [6.07, 6.45) is 0. The predicted octanol–water partition coefficient (Wildman–Crippen LogP) is 6.48. The van der Waals surface area contributed by atoms with Gasteiger partial charge in [-0.3, -0.25) is 0 Å². The van der Waals surface area contributed by atoms with Gasteiger partial charge in [-0.1, -0.05) is 93.9 Å². The van der Waals surface area contributed by atoms with Crippen molar-refractivity contribution in [2.45, 2.75) is 40.0 Å². The van der Waals surface area contributed by atoms with E-state index >= 15 is 0 Å². The van der Waals surface area contributed by atoms with Crippen LogP contribution in [-0.2, 0) is 10.2 Å². The highest BCUT2D eigenvalue weighted by Gasteiger charge is 2.26. The summed E-state index contributed by atoms with van der Waals surface area (Å²) >= 11 is 0. The molecule has 0 unspecified atom stereocenters.